The van der Waals surface area contributed by atoms with Gasteiger partial charge in [-0.05, 0) is 64.4 Å². The maximum Gasteiger partial charge on any atom is 0.124 e. The van der Waals surface area contributed by atoms with Crippen molar-refractivity contribution in [2.75, 3.05) is 26.2 Å². The fourth-order valence-electron chi connectivity index (χ4n) is 3.49. The molecule has 23 heavy (non-hydrogen) atoms. The van der Waals surface area contributed by atoms with Crippen LogP contribution in [0.4, 0.5) is 0 Å². The lowest BCUT2D eigenvalue weighted by Crippen LogP contribution is -2.60. The largest absolute Gasteiger partial charge is 0.488 e. The van der Waals surface area contributed by atoms with E-state index >= 15 is 0 Å². The number of aryl methyl sites for hydroxylation is 1. The van der Waals surface area contributed by atoms with Crippen LogP contribution >= 0.6 is 0 Å². The Morgan fingerprint density at radius 2 is 1.74 bits per heavy atom. The fourth-order valence-corrected chi connectivity index (χ4v) is 3.49. The average Bonchev–Trinajstić information content (AvgIpc) is 2.53. The number of benzene rings is 1. The highest BCUT2D eigenvalue weighted by atomic mass is 16.5. The van der Waals surface area contributed by atoms with Crippen LogP contribution in [0.25, 0.3) is 0 Å². The maximum atomic E-state index is 6.06. The molecule has 2 saturated heterocycles. The third-order valence-corrected chi connectivity index (χ3v) is 4.91. The van der Waals surface area contributed by atoms with Gasteiger partial charge in [0.15, 0.2) is 0 Å². The van der Waals surface area contributed by atoms with E-state index in [2.05, 4.69) is 54.8 Å². The van der Waals surface area contributed by atoms with Crippen molar-refractivity contribution >= 4 is 0 Å². The lowest BCUT2D eigenvalue weighted by atomic mass is 9.98. The molecule has 130 valence electrons. The number of likely N-dealkylation sites (tertiary alicyclic amines) is 2. The number of hydrogen-bond donors (Lipinski definition) is 0. The fraction of sp³-hybridized carbons (Fsp3) is 0.700. The summed E-state index contributed by atoms with van der Waals surface area (Å²) < 4.78 is 6.06. The van der Waals surface area contributed by atoms with Crippen LogP contribution in [0.5, 0.6) is 5.75 Å². The molecule has 0 atom stereocenters. The second kappa shape index (κ2) is 8.70. The van der Waals surface area contributed by atoms with Gasteiger partial charge in [-0.3, -0.25) is 4.90 Å². The summed E-state index contributed by atoms with van der Waals surface area (Å²) in [6.45, 7) is 15.4. The number of piperidine rings is 1. The minimum Gasteiger partial charge on any atom is -0.488 e. The topological polar surface area (TPSA) is 15.7 Å². The molecule has 0 unspecified atom stereocenters. The number of rotatable bonds is 4. The van der Waals surface area contributed by atoms with Crippen LogP contribution in [0.1, 0.15) is 46.1 Å². The van der Waals surface area contributed by atoms with Gasteiger partial charge in [-0.25, -0.2) is 0 Å². The van der Waals surface area contributed by atoms with Crippen LogP contribution in [0.2, 0.25) is 0 Å². The summed E-state index contributed by atoms with van der Waals surface area (Å²) in [6.07, 6.45) is 3.01. The minimum atomic E-state index is 0.384. The molecular formula is C20H34N2O. The molecule has 0 aliphatic carbocycles. The summed E-state index contributed by atoms with van der Waals surface area (Å²) in [5.41, 5.74) is 1.27. The van der Waals surface area contributed by atoms with Gasteiger partial charge in [0.1, 0.15) is 11.9 Å². The number of nitrogens with zero attached hydrogens (tertiary/aromatic N) is 2. The van der Waals surface area contributed by atoms with Crippen molar-refractivity contribution < 1.29 is 4.74 Å². The molecule has 1 aromatic carbocycles. The summed E-state index contributed by atoms with van der Waals surface area (Å²) >= 11 is 0. The van der Waals surface area contributed by atoms with Crippen LogP contribution in [-0.2, 0) is 0 Å². The van der Waals surface area contributed by atoms with Gasteiger partial charge >= 0.3 is 0 Å². The average molecular weight is 319 g/mol. The van der Waals surface area contributed by atoms with E-state index < -0.39 is 0 Å². The van der Waals surface area contributed by atoms with Gasteiger partial charge in [-0.15, -0.1) is 0 Å². The van der Waals surface area contributed by atoms with Gasteiger partial charge in [0.25, 0.3) is 0 Å². The molecule has 0 radical (unpaired) electrons. The highest BCUT2D eigenvalue weighted by molar-refractivity contribution is 5.27. The van der Waals surface area contributed by atoms with Crippen LogP contribution in [0.3, 0.4) is 0 Å². The van der Waals surface area contributed by atoms with Gasteiger partial charge < -0.3 is 9.64 Å². The molecule has 3 rings (SSSR count). The van der Waals surface area contributed by atoms with E-state index in [4.69, 9.17) is 4.74 Å². The van der Waals surface area contributed by atoms with E-state index in [-0.39, 0.29) is 0 Å². The van der Waals surface area contributed by atoms with Gasteiger partial charge in [-0.1, -0.05) is 26.0 Å². The van der Waals surface area contributed by atoms with E-state index in [0.29, 0.717) is 12.1 Å². The zero-order chi connectivity index (χ0) is 16.8. The number of hydrogen-bond acceptors (Lipinski definition) is 3. The first-order valence-electron chi connectivity index (χ1n) is 9.33. The van der Waals surface area contributed by atoms with E-state index in [1.807, 2.05) is 13.8 Å². The molecule has 1 aromatic rings. The normalized spacial score (nSPS) is 20.8. The summed E-state index contributed by atoms with van der Waals surface area (Å²) in [6, 6.07) is 9.85. The van der Waals surface area contributed by atoms with E-state index in [0.717, 1.165) is 24.9 Å². The molecule has 0 spiro atoms. The molecule has 3 heteroatoms. The first kappa shape index (κ1) is 18.3. The molecular weight excluding hydrogens is 284 g/mol. The molecule has 2 fully saturated rings. The molecule has 3 nitrogen and oxygen atoms in total. The zero-order valence-corrected chi connectivity index (χ0v) is 15.6. The van der Waals surface area contributed by atoms with E-state index in [1.54, 1.807) is 0 Å². The number of ether oxygens (including phenoxy) is 1. The molecule has 0 aromatic heterocycles. The quantitative estimate of drug-likeness (QED) is 0.836. The van der Waals surface area contributed by atoms with Crippen molar-refractivity contribution in [3.8, 4) is 5.75 Å². The van der Waals surface area contributed by atoms with Gasteiger partial charge in [-0.2, -0.15) is 0 Å². The highest BCUT2D eigenvalue weighted by Crippen LogP contribution is 2.25. The van der Waals surface area contributed by atoms with Crippen LogP contribution < -0.4 is 4.74 Å². The predicted octanol–water partition coefficient (Wildman–Crippen LogP) is 3.96. The van der Waals surface area contributed by atoms with Crippen LogP contribution in [0, 0.1) is 6.92 Å². The molecule has 2 aliphatic heterocycles. The van der Waals surface area contributed by atoms with Gasteiger partial charge in [0.2, 0.25) is 0 Å². The Balaban J connectivity index is 0.000000924. The molecule has 2 heterocycles. The van der Waals surface area contributed by atoms with Crippen molar-refractivity contribution in [3.05, 3.63) is 29.8 Å². The smallest absolute Gasteiger partial charge is 0.124 e. The third-order valence-electron chi connectivity index (χ3n) is 4.91. The van der Waals surface area contributed by atoms with Crippen molar-refractivity contribution in [3.63, 3.8) is 0 Å². The minimum absolute atomic E-state index is 0.384. The van der Waals surface area contributed by atoms with E-state index in [9.17, 15) is 0 Å². The molecule has 2 aliphatic rings. The Hall–Kier alpha value is -1.06. The van der Waals surface area contributed by atoms with Crippen molar-refractivity contribution in [2.45, 2.75) is 65.6 Å². The molecule has 0 N–H and O–H groups in total. The monoisotopic (exact) mass is 318 g/mol. The van der Waals surface area contributed by atoms with Crippen molar-refractivity contribution in [1.82, 2.24) is 9.80 Å². The van der Waals surface area contributed by atoms with Gasteiger partial charge in [0, 0.05) is 25.2 Å². The van der Waals surface area contributed by atoms with E-state index in [1.165, 1.54) is 31.5 Å². The first-order valence-corrected chi connectivity index (χ1v) is 9.33. The summed E-state index contributed by atoms with van der Waals surface area (Å²) in [4.78, 5) is 5.20. The maximum absolute atomic E-state index is 6.06. The Kier molecular flexibility index (Phi) is 6.91. The SMILES string of the molecule is CC.Cc1cccc(OC2CN(C3CCN(C(C)C)CC3)C2)c1. The van der Waals surface area contributed by atoms with Crippen LogP contribution in [0.15, 0.2) is 24.3 Å². The standard InChI is InChI=1S/C18H28N2O.C2H6/c1-14(2)19-9-7-16(8-10-19)20-12-18(13-20)21-17-6-4-5-15(3)11-17;1-2/h4-6,11,14,16,18H,7-10,12-13H2,1-3H3;1-2H3. The second-order valence-electron chi connectivity index (χ2n) is 6.87. The summed E-state index contributed by atoms with van der Waals surface area (Å²) in [5.74, 6) is 1.02. The van der Waals surface area contributed by atoms with Crippen molar-refractivity contribution in [1.29, 1.82) is 0 Å². The summed E-state index contributed by atoms with van der Waals surface area (Å²) in [7, 11) is 0. The summed E-state index contributed by atoms with van der Waals surface area (Å²) in [5, 5.41) is 0. The lowest BCUT2D eigenvalue weighted by molar-refractivity contribution is -0.0289. The third kappa shape index (κ3) is 4.95. The Labute approximate surface area is 142 Å². The molecule has 0 saturated carbocycles. The molecule has 0 bridgehead atoms. The predicted molar refractivity (Wildman–Crippen MR) is 98.2 cm³/mol. The lowest BCUT2D eigenvalue weighted by Gasteiger charge is -2.47. The molecule has 0 amide bonds. The van der Waals surface area contributed by atoms with Crippen molar-refractivity contribution in [2.24, 2.45) is 0 Å². The Morgan fingerprint density at radius 3 is 2.30 bits per heavy atom. The zero-order valence-electron chi connectivity index (χ0n) is 15.6. The Bertz CT molecular complexity index is 460. The van der Waals surface area contributed by atoms with Gasteiger partial charge in [0.05, 0.1) is 0 Å². The highest BCUT2D eigenvalue weighted by Gasteiger charge is 2.35. The first-order chi connectivity index (χ1) is 11.1. The Morgan fingerprint density at radius 1 is 1.09 bits per heavy atom. The second-order valence-corrected chi connectivity index (χ2v) is 6.87. The van der Waals surface area contributed by atoms with Crippen LogP contribution in [-0.4, -0.2) is 54.2 Å².